The Kier molecular flexibility index (Phi) is 4.36. The zero-order chi connectivity index (χ0) is 19.4. The molecule has 1 N–H and O–H groups in total. The summed E-state index contributed by atoms with van der Waals surface area (Å²) in [6.45, 7) is -0.818. The minimum atomic E-state index is -4.07. The molecule has 3 aromatic heterocycles. The number of alkyl halides is 3. The van der Waals surface area contributed by atoms with Gasteiger partial charge in [0, 0.05) is 6.20 Å². The molecule has 144 valence electrons. The smallest absolute Gasteiger partial charge is 0.278 e. The Morgan fingerprint density at radius 2 is 2.04 bits per heavy atom. The summed E-state index contributed by atoms with van der Waals surface area (Å²) in [5, 5.41) is 14.2. The van der Waals surface area contributed by atoms with Crippen molar-refractivity contribution in [3.05, 3.63) is 22.3 Å². The average molecular weight is 439 g/mol. The summed E-state index contributed by atoms with van der Waals surface area (Å²) in [4.78, 5) is -0.237. The Hall–Kier alpha value is -1.83. The SMILES string of the molecule is O=S(=O)(NC1(CF)CC1)c1cc(Cl)c2nnc(-c3nnc(C(F)F)s3)n2c1. The van der Waals surface area contributed by atoms with Crippen LogP contribution in [0.25, 0.3) is 16.5 Å². The highest BCUT2D eigenvalue weighted by molar-refractivity contribution is 7.89. The van der Waals surface area contributed by atoms with Gasteiger partial charge in [-0.3, -0.25) is 4.40 Å². The molecule has 4 rings (SSSR count). The first-order chi connectivity index (χ1) is 12.7. The second-order valence-corrected chi connectivity index (χ2v) is 9.11. The highest BCUT2D eigenvalue weighted by atomic mass is 35.5. The van der Waals surface area contributed by atoms with Crippen molar-refractivity contribution in [1.29, 1.82) is 0 Å². The average Bonchev–Trinajstić information content (AvgIpc) is 3.03. The van der Waals surface area contributed by atoms with Crippen molar-refractivity contribution in [2.45, 2.75) is 29.7 Å². The second kappa shape index (κ2) is 6.36. The number of nitrogens with one attached hydrogen (secondary N) is 1. The Morgan fingerprint density at radius 3 is 2.63 bits per heavy atom. The predicted octanol–water partition coefficient (Wildman–Crippen LogP) is 2.62. The third-order valence-corrected chi connectivity index (χ3v) is 6.77. The number of hydrogen-bond acceptors (Lipinski definition) is 7. The summed E-state index contributed by atoms with van der Waals surface area (Å²) in [6, 6.07) is 1.16. The monoisotopic (exact) mass is 438 g/mol. The Morgan fingerprint density at radius 1 is 1.30 bits per heavy atom. The minimum Gasteiger partial charge on any atom is -0.278 e. The number of nitrogens with zero attached hydrogens (tertiary/aromatic N) is 5. The van der Waals surface area contributed by atoms with Crippen LogP contribution in [-0.4, -0.2) is 45.4 Å². The van der Waals surface area contributed by atoms with Gasteiger partial charge in [0.15, 0.2) is 21.5 Å². The fourth-order valence-corrected chi connectivity index (χ4v) is 4.85. The van der Waals surface area contributed by atoms with Gasteiger partial charge in [0.05, 0.1) is 10.6 Å². The van der Waals surface area contributed by atoms with E-state index in [9.17, 15) is 21.6 Å². The van der Waals surface area contributed by atoms with Crippen LogP contribution < -0.4 is 4.72 Å². The molecule has 0 bridgehead atoms. The zero-order valence-corrected chi connectivity index (χ0v) is 15.6. The lowest BCUT2D eigenvalue weighted by molar-refractivity contribution is 0.150. The van der Waals surface area contributed by atoms with Crippen LogP contribution in [0.2, 0.25) is 5.02 Å². The van der Waals surface area contributed by atoms with Crippen molar-refractivity contribution in [2.24, 2.45) is 0 Å². The molecule has 1 aliphatic rings. The molecular formula is C13H10ClF3N6O2S2. The fourth-order valence-electron chi connectivity index (χ4n) is 2.39. The lowest BCUT2D eigenvalue weighted by Gasteiger charge is -2.14. The topological polar surface area (TPSA) is 102 Å². The van der Waals surface area contributed by atoms with Gasteiger partial charge in [-0.25, -0.2) is 26.3 Å². The van der Waals surface area contributed by atoms with Crippen molar-refractivity contribution in [3.8, 4) is 10.8 Å². The number of pyridine rings is 1. The van der Waals surface area contributed by atoms with Gasteiger partial charge < -0.3 is 0 Å². The van der Waals surface area contributed by atoms with Crippen LogP contribution in [-0.2, 0) is 10.0 Å². The molecule has 27 heavy (non-hydrogen) atoms. The van der Waals surface area contributed by atoms with E-state index in [0.717, 1.165) is 6.07 Å². The molecule has 1 saturated carbocycles. The summed E-state index contributed by atoms with van der Waals surface area (Å²) in [5.41, 5.74) is -0.965. The summed E-state index contributed by atoms with van der Waals surface area (Å²) in [6.07, 6.45) is -0.818. The van der Waals surface area contributed by atoms with E-state index in [1.165, 1.54) is 10.6 Å². The van der Waals surface area contributed by atoms with E-state index in [1.54, 1.807) is 0 Å². The number of rotatable bonds is 6. The van der Waals surface area contributed by atoms with Gasteiger partial charge in [-0.2, -0.15) is 0 Å². The number of sulfonamides is 1. The molecule has 0 aromatic carbocycles. The molecule has 0 radical (unpaired) electrons. The van der Waals surface area contributed by atoms with E-state index in [-0.39, 0.29) is 26.4 Å². The van der Waals surface area contributed by atoms with Crippen LogP contribution in [0.15, 0.2) is 17.2 Å². The third-order valence-electron chi connectivity index (χ3n) is 4.02. The van der Waals surface area contributed by atoms with Crippen LogP contribution >= 0.6 is 22.9 Å². The normalized spacial score (nSPS) is 16.3. The molecule has 1 aliphatic carbocycles. The molecule has 14 heteroatoms. The molecular weight excluding hydrogens is 429 g/mol. The maximum absolute atomic E-state index is 13.1. The van der Waals surface area contributed by atoms with Crippen LogP contribution in [0.1, 0.15) is 24.3 Å². The number of halogens is 4. The standard InChI is InChI=1S/C13H10ClF3N6O2S2/c14-7-3-6(27(24,25)22-13(5-15)1-2-13)4-23-9(7)18-19-10(23)12-21-20-11(26-12)8(16)17/h3-4,8,22H,1-2,5H2. The van der Waals surface area contributed by atoms with Gasteiger partial charge in [-0.05, 0) is 18.9 Å². The molecule has 3 aromatic rings. The van der Waals surface area contributed by atoms with Gasteiger partial charge in [-0.1, -0.05) is 22.9 Å². The third kappa shape index (κ3) is 3.28. The predicted molar refractivity (Wildman–Crippen MR) is 90.1 cm³/mol. The van der Waals surface area contributed by atoms with Crippen LogP contribution in [0.3, 0.4) is 0 Å². The Balaban J connectivity index is 1.80. The lowest BCUT2D eigenvalue weighted by atomic mass is 10.3. The number of hydrogen-bond donors (Lipinski definition) is 1. The molecule has 1 fully saturated rings. The first kappa shape index (κ1) is 18.5. The minimum absolute atomic E-state index is 0.0139. The summed E-state index contributed by atoms with van der Waals surface area (Å²) < 4.78 is 67.3. The fraction of sp³-hybridized carbons (Fsp3) is 0.385. The van der Waals surface area contributed by atoms with Crippen LogP contribution in [0.4, 0.5) is 13.2 Å². The van der Waals surface area contributed by atoms with E-state index in [1.807, 2.05) is 0 Å². The van der Waals surface area contributed by atoms with Crippen molar-refractivity contribution in [1.82, 2.24) is 29.5 Å². The highest BCUT2D eigenvalue weighted by Gasteiger charge is 2.46. The van der Waals surface area contributed by atoms with Crippen molar-refractivity contribution >= 4 is 38.6 Å². The largest absolute Gasteiger partial charge is 0.291 e. The Bertz CT molecular complexity index is 1130. The van der Waals surface area contributed by atoms with Crippen LogP contribution in [0.5, 0.6) is 0 Å². The van der Waals surface area contributed by atoms with E-state index in [2.05, 4.69) is 25.1 Å². The second-order valence-electron chi connectivity index (χ2n) is 6.01. The number of aromatic nitrogens is 5. The van der Waals surface area contributed by atoms with Crippen molar-refractivity contribution in [2.75, 3.05) is 6.67 Å². The molecule has 0 amide bonds. The van der Waals surface area contributed by atoms with Gasteiger partial charge in [0.2, 0.25) is 10.0 Å². The maximum Gasteiger partial charge on any atom is 0.291 e. The molecule has 3 heterocycles. The first-order valence-electron chi connectivity index (χ1n) is 7.51. The summed E-state index contributed by atoms with van der Waals surface area (Å²) >= 11 is 6.71. The van der Waals surface area contributed by atoms with Crippen molar-refractivity contribution in [3.63, 3.8) is 0 Å². The first-order valence-corrected chi connectivity index (χ1v) is 10.2. The van der Waals surface area contributed by atoms with Gasteiger partial charge in [0.1, 0.15) is 11.6 Å². The van der Waals surface area contributed by atoms with Gasteiger partial charge >= 0.3 is 0 Å². The molecule has 0 aliphatic heterocycles. The van der Waals surface area contributed by atoms with E-state index >= 15 is 0 Å². The summed E-state index contributed by atoms with van der Waals surface area (Å²) in [7, 11) is -4.07. The van der Waals surface area contributed by atoms with Crippen LogP contribution in [0, 0.1) is 0 Å². The molecule has 8 nitrogen and oxygen atoms in total. The highest BCUT2D eigenvalue weighted by Crippen LogP contribution is 2.37. The lowest BCUT2D eigenvalue weighted by Crippen LogP contribution is -2.38. The maximum atomic E-state index is 13.1. The van der Waals surface area contributed by atoms with E-state index < -0.39 is 33.7 Å². The molecule has 0 saturated heterocycles. The number of fused-ring (bicyclic) bond motifs is 1. The van der Waals surface area contributed by atoms with Crippen molar-refractivity contribution < 1.29 is 21.6 Å². The zero-order valence-electron chi connectivity index (χ0n) is 13.2. The molecule has 0 unspecified atom stereocenters. The quantitative estimate of drug-likeness (QED) is 0.634. The Labute approximate surface area is 159 Å². The van der Waals surface area contributed by atoms with E-state index in [4.69, 9.17) is 11.6 Å². The molecule has 0 atom stereocenters. The molecule has 0 spiro atoms. The van der Waals surface area contributed by atoms with E-state index in [0.29, 0.717) is 24.2 Å². The summed E-state index contributed by atoms with van der Waals surface area (Å²) in [5.74, 6) is 0.0139. The van der Waals surface area contributed by atoms with Gasteiger partial charge in [-0.15, -0.1) is 20.4 Å². The van der Waals surface area contributed by atoms with Gasteiger partial charge in [0.25, 0.3) is 6.43 Å².